The topological polar surface area (TPSA) is 71.9 Å². The summed E-state index contributed by atoms with van der Waals surface area (Å²) >= 11 is 0. The summed E-state index contributed by atoms with van der Waals surface area (Å²) in [7, 11) is 0. The van der Waals surface area contributed by atoms with E-state index in [4.69, 9.17) is 10.5 Å². The first kappa shape index (κ1) is 12.9. The lowest BCUT2D eigenvalue weighted by Crippen LogP contribution is -1.94. The van der Waals surface area contributed by atoms with Gasteiger partial charge in [0.2, 0.25) is 0 Å². The normalized spacial score (nSPS) is 10.3. The van der Waals surface area contributed by atoms with Crippen LogP contribution in [0.3, 0.4) is 0 Å². The number of aryl methyl sites for hydroxylation is 1. The van der Waals surface area contributed by atoms with Gasteiger partial charge in [-0.1, -0.05) is 12.1 Å². The lowest BCUT2D eigenvalue weighted by molar-refractivity contribution is 0.486. The minimum atomic E-state index is 0.411. The molecule has 3 aromatic rings. The Kier molecular flexibility index (Phi) is 3.17. The number of nitriles is 1. The maximum Gasteiger partial charge on any atom is 0.145 e. The fraction of sp³-hybridized carbons (Fsp3) is 0.0588. The SMILES string of the molecule is Cc1cc(Oc2ccc(N)cc2C#N)c2ccccc2n1. The molecule has 2 aromatic carbocycles. The number of nitrogens with zero attached hydrogens (tertiary/aromatic N) is 2. The second-order valence-electron chi connectivity index (χ2n) is 4.75. The first-order valence-electron chi connectivity index (χ1n) is 6.51. The zero-order valence-electron chi connectivity index (χ0n) is 11.5. The lowest BCUT2D eigenvalue weighted by atomic mass is 10.1. The molecule has 1 heterocycles. The van der Waals surface area contributed by atoms with Crippen molar-refractivity contribution < 1.29 is 4.74 Å². The molecule has 0 radical (unpaired) electrons. The van der Waals surface area contributed by atoms with Crippen LogP contribution in [0.2, 0.25) is 0 Å². The Bertz CT molecular complexity index is 866. The molecule has 0 atom stereocenters. The summed E-state index contributed by atoms with van der Waals surface area (Å²) in [4.78, 5) is 4.47. The van der Waals surface area contributed by atoms with Gasteiger partial charge in [0.1, 0.15) is 17.6 Å². The fourth-order valence-electron chi connectivity index (χ4n) is 2.20. The lowest BCUT2D eigenvalue weighted by Gasteiger charge is -2.11. The van der Waals surface area contributed by atoms with Crippen LogP contribution in [0.4, 0.5) is 5.69 Å². The van der Waals surface area contributed by atoms with E-state index in [1.807, 2.05) is 37.3 Å². The number of anilines is 1. The molecule has 102 valence electrons. The van der Waals surface area contributed by atoms with E-state index in [0.29, 0.717) is 22.7 Å². The van der Waals surface area contributed by atoms with Crippen molar-refractivity contribution >= 4 is 16.6 Å². The van der Waals surface area contributed by atoms with Crippen molar-refractivity contribution in [1.82, 2.24) is 4.98 Å². The Morgan fingerprint density at radius 2 is 1.90 bits per heavy atom. The van der Waals surface area contributed by atoms with E-state index < -0.39 is 0 Å². The van der Waals surface area contributed by atoms with Gasteiger partial charge in [-0.25, -0.2) is 0 Å². The molecule has 0 aliphatic rings. The zero-order valence-corrected chi connectivity index (χ0v) is 11.5. The maximum absolute atomic E-state index is 9.19. The molecule has 4 heteroatoms. The molecule has 0 amide bonds. The van der Waals surface area contributed by atoms with E-state index >= 15 is 0 Å². The Balaban J connectivity index is 2.13. The number of para-hydroxylation sites is 1. The molecule has 0 aliphatic heterocycles. The summed E-state index contributed by atoms with van der Waals surface area (Å²) in [5.74, 6) is 1.17. The Labute approximate surface area is 122 Å². The second kappa shape index (κ2) is 5.14. The number of pyridine rings is 1. The van der Waals surface area contributed by atoms with Gasteiger partial charge in [0.05, 0.1) is 11.1 Å². The van der Waals surface area contributed by atoms with Crippen molar-refractivity contribution in [3.05, 3.63) is 59.8 Å². The highest BCUT2D eigenvalue weighted by Gasteiger charge is 2.09. The van der Waals surface area contributed by atoms with Crippen LogP contribution in [0.15, 0.2) is 48.5 Å². The molecule has 0 unspecified atom stereocenters. The molecular weight excluding hydrogens is 262 g/mol. The Hall–Kier alpha value is -3.06. The summed E-state index contributed by atoms with van der Waals surface area (Å²) in [6.07, 6.45) is 0. The van der Waals surface area contributed by atoms with Crippen LogP contribution in [-0.4, -0.2) is 4.98 Å². The van der Waals surface area contributed by atoms with E-state index in [2.05, 4.69) is 11.1 Å². The average molecular weight is 275 g/mol. The summed E-state index contributed by atoms with van der Waals surface area (Å²) in [5.41, 5.74) is 8.36. The third kappa shape index (κ3) is 2.49. The number of nitrogen functional groups attached to an aromatic ring is 1. The first-order valence-corrected chi connectivity index (χ1v) is 6.51. The van der Waals surface area contributed by atoms with Gasteiger partial charge in [-0.05, 0) is 37.3 Å². The number of ether oxygens (including phenoxy) is 1. The summed E-state index contributed by atoms with van der Waals surface area (Å²) in [6.45, 7) is 1.91. The van der Waals surface area contributed by atoms with Gasteiger partial charge in [-0.2, -0.15) is 5.26 Å². The van der Waals surface area contributed by atoms with Crippen molar-refractivity contribution in [2.75, 3.05) is 5.73 Å². The van der Waals surface area contributed by atoms with E-state index in [1.54, 1.807) is 18.2 Å². The van der Waals surface area contributed by atoms with Crippen LogP contribution in [0.25, 0.3) is 10.9 Å². The van der Waals surface area contributed by atoms with Crippen molar-refractivity contribution in [2.24, 2.45) is 0 Å². The first-order chi connectivity index (χ1) is 10.2. The molecular formula is C17H13N3O. The summed E-state index contributed by atoms with van der Waals surface area (Å²) in [6, 6.07) is 16.7. The highest BCUT2D eigenvalue weighted by atomic mass is 16.5. The predicted molar refractivity (Wildman–Crippen MR) is 82.1 cm³/mol. The van der Waals surface area contributed by atoms with Gasteiger partial charge in [0, 0.05) is 22.8 Å². The van der Waals surface area contributed by atoms with Crippen molar-refractivity contribution in [3.63, 3.8) is 0 Å². The Morgan fingerprint density at radius 1 is 1.10 bits per heavy atom. The summed E-state index contributed by atoms with van der Waals surface area (Å²) in [5, 5.41) is 10.1. The number of rotatable bonds is 2. The van der Waals surface area contributed by atoms with Crippen LogP contribution in [0.5, 0.6) is 11.5 Å². The number of nitrogens with two attached hydrogens (primary N) is 1. The molecule has 0 spiro atoms. The number of hydrogen-bond donors (Lipinski definition) is 1. The zero-order chi connectivity index (χ0) is 14.8. The van der Waals surface area contributed by atoms with Gasteiger partial charge >= 0.3 is 0 Å². The molecule has 0 bridgehead atoms. The van der Waals surface area contributed by atoms with Crippen molar-refractivity contribution in [1.29, 1.82) is 5.26 Å². The molecule has 0 saturated carbocycles. The molecule has 21 heavy (non-hydrogen) atoms. The quantitative estimate of drug-likeness (QED) is 0.722. The molecule has 3 rings (SSSR count). The molecule has 2 N–H and O–H groups in total. The third-order valence-corrected chi connectivity index (χ3v) is 3.15. The van der Waals surface area contributed by atoms with Gasteiger partial charge < -0.3 is 10.5 Å². The van der Waals surface area contributed by atoms with Crippen molar-refractivity contribution in [3.8, 4) is 17.6 Å². The van der Waals surface area contributed by atoms with Crippen LogP contribution >= 0.6 is 0 Å². The van der Waals surface area contributed by atoms with Crippen LogP contribution in [0, 0.1) is 18.3 Å². The van der Waals surface area contributed by atoms with Crippen molar-refractivity contribution in [2.45, 2.75) is 6.92 Å². The minimum Gasteiger partial charge on any atom is -0.455 e. The van der Waals surface area contributed by atoms with Crippen LogP contribution in [-0.2, 0) is 0 Å². The largest absolute Gasteiger partial charge is 0.455 e. The number of aromatic nitrogens is 1. The van der Waals surface area contributed by atoms with Gasteiger partial charge in [0.25, 0.3) is 0 Å². The number of benzene rings is 2. The van der Waals surface area contributed by atoms with Crippen LogP contribution in [0.1, 0.15) is 11.3 Å². The van der Waals surface area contributed by atoms with E-state index in [1.165, 1.54) is 0 Å². The van der Waals surface area contributed by atoms with Gasteiger partial charge in [0.15, 0.2) is 0 Å². The second-order valence-corrected chi connectivity index (χ2v) is 4.75. The predicted octanol–water partition coefficient (Wildman–Crippen LogP) is 3.79. The Morgan fingerprint density at radius 3 is 2.71 bits per heavy atom. The molecule has 1 aromatic heterocycles. The minimum absolute atomic E-state index is 0.411. The number of fused-ring (bicyclic) bond motifs is 1. The maximum atomic E-state index is 9.19. The monoisotopic (exact) mass is 275 g/mol. The highest BCUT2D eigenvalue weighted by Crippen LogP contribution is 2.32. The summed E-state index contributed by atoms with van der Waals surface area (Å²) < 4.78 is 5.93. The average Bonchev–Trinajstić information content (AvgIpc) is 2.48. The highest BCUT2D eigenvalue weighted by molar-refractivity contribution is 5.85. The van der Waals surface area contributed by atoms with E-state index in [9.17, 15) is 5.26 Å². The standard InChI is InChI=1S/C17H13N3O/c1-11-8-17(14-4-2-3-5-15(14)20-11)21-16-7-6-13(19)9-12(16)10-18/h2-9H,19H2,1H3. The molecule has 4 nitrogen and oxygen atoms in total. The third-order valence-electron chi connectivity index (χ3n) is 3.15. The van der Waals surface area contributed by atoms with E-state index in [-0.39, 0.29) is 0 Å². The van der Waals surface area contributed by atoms with E-state index in [0.717, 1.165) is 16.6 Å². The fourth-order valence-corrected chi connectivity index (χ4v) is 2.20. The van der Waals surface area contributed by atoms with Gasteiger partial charge in [-0.15, -0.1) is 0 Å². The number of hydrogen-bond acceptors (Lipinski definition) is 4. The molecule has 0 fully saturated rings. The molecule has 0 aliphatic carbocycles. The molecule has 0 saturated heterocycles. The van der Waals surface area contributed by atoms with Gasteiger partial charge in [-0.3, -0.25) is 4.98 Å². The smallest absolute Gasteiger partial charge is 0.145 e. The van der Waals surface area contributed by atoms with Crippen LogP contribution < -0.4 is 10.5 Å².